The fraction of sp³-hybridized carbons (Fsp3) is 0.500. The summed E-state index contributed by atoms with van der Waals surface area (Å²) in [7, 11) is 1.57. The molecule has 17 heavy (non-hydrogen) atoms. The molecule has 1 unspecified atom stereocenters. The van der Waals surface area contributed by atoms with Crippen LogP contribution in [0.15, 0.2) is 18.3 Å². The van der Waals surface area contributed by atoms with Crippen LogP contribution in [0.4, 0.5) is 0 Å². The molecular formula is C12H19N3O2. The van der Waals surface area contributed by atoms with Gasteiger partial charge in [-0.3, -0.25) is 4.79 Å². The van der Waals surface area contributed by atoms with E-state index in [4.69, 9.17) is 10.5 Å². The molecule has 0 aliphatic heterocycles. The van der Waals surface area contributed by atoms with Crippen LogP contribution in [0.25, 0.3) is 0 Å². The topological polar surface area (TPSA) is 77.2 Å². The molecule has 5 nitrogen and oxygen atoms in total. The minimum atomic E-state index is -0.0498. The number of carbonyl (C=O) groups excluding carboxylic acids is 1. The van der Waals surface area contributed by atoms with Crippen LogP contribution in [0.3, 0.4) is 0 Å². The van der Waals surface area contributed by atoms with Gasteiger partial charge in [-0.05, 0) is 18.5 Å². The predicted octanol–water partition coefficient (Wildman–Crippen LogP) is 0.691. The average molecular weight is 237 g/mol. The van der Waals surface area contributed by atoms with E-state index in [1.807, 2.05) is 13.0 Å². The van der Waals surface area contributed by atoms with Crippen LogP contribution in [0.5, 0.6) is 5.88 Å². The van der Waals surface area contributed by atoms with Gasteiger partial charge in [-0.2, -0.15) is 0 Å². The van der Waals surface area contributed by atoms with Gasteiger partial charge >= 0.3 is 0 Å². The third-order valence-corrected chi connectivity index (χ3v) is 2.52. The van der Waals surface area contributed by atoms with Crippen LogP contribution in [0.2, 0.25) is 0 Å². The Morgan fingerprint density at radius 3 is 2.88 bits per heavy atom. The molecule has 5 heteroatoms. The van der Waals surface area contributed by atoms with E-state index < -0.39 is 0 Å². The van der Waals surface area contributed by atoms with E-state index in [0.717, 1.165) is 5.56 Å². The molecule has 0 bridgehead atoms. The van der Waals surface area contributed by atoms with E-state index in [2.05, 4.69) is 10.3 Å². The lowest BCUT2D eigenvalue weighted by Gasteiger charge is -2.10. The molecule has 1 heterocycles. The number of carbonyl (C=O) groups is 1. The van der Waals surface area contributed by atoms with Crippen LogP contribution >= 0.6 is 0 Å². The lowest BCUT2D eigenvalue weighted by Crippen LogP contribution is -2.29. The summed E-state index contributed by atoms with van der Waals surface area (Å²) in [4.78, 5) is 15.7. The first-order chi connectivity index (χ1) is 8.17. The Morgan fingerprint density at radius 2 is 2.35 bits per heavy atom. The quantitative estimate of drug-likeness (QED) is 0.763. The fourth-order valence-electron chi connectivity index (χ4n) is 1.38. The first-order valence-electron chi connectivity index (χ1n) is 5.64. The molecule has 3 N–H and O–H groups in total. The van der Waals surface area contributed by atoms with E-state index in [9.17, 15) is 4.79 Å². The largest absolute Gasteiger partial charge is 0.481 e. The summed E-state index contributed by atoms with van der Waals surface area (Å²) < 4.78 is 4.95. The predicted molar refractivity (Wildman–Crippen MR) is 65.5 cm³/mol. The number of rotatable bonds is 6. The second-order valence-electron chi connectivity index (χ2n) is 3.91. The number of nitrogens with two attached hydrogens (primary N) is 1. The third kappa shape index (κ3) is 4.40. The summed E-state index contributed by atoms with van der Waals surface area (Å²) in [6, 6.07) is 3.64. The van der Waals surface area contributed by atoms with Crippen LogP contribution in [0, 0.1) is 5.92 Å². The zero-order valence-electron chi connectivity index (χ0n) is 10.3. The second kappa shape index (κ2) is 6.85. The molecule has 0 radical (unpaired) electrons. The van der Waals surface area contributed by atoms with E-state index >= 15 is 0 Å². The van der Waals surface area contributed by atoms with E-state index in [1.54, 1.807) is 19.4 Å². The number of ether oxygens (including phenoxy) is 1. The van der Waals surface area contributed by atoms with E-state index in [0.29, 0.717) is 25.4 Å². The van der Waals surface area contributed by atoms with Gasteiger partial charge in [-0.15, -0.1) is 0 Å². The SMILES string of the molecule is COc1ccc(CNC(=O)C(C)CCN)cn1. The van der Waals surface area contributed by atoms with Crippen molar-refractivity contribution in [3.8, 4) is 5.88 Å². The number of nitrogens with zero attached hydrogens (tertiary/aromatic N) is 1. The maximum absolute atomic E-state index is 11.6. The Kier molecular flexibility index (Phi) is 5.42. The van der Waals surface area contributed by atoms with Crippen LogP contribution in [-0.2, 0) is 11.3 Å². The normalized spacial score (nSPS) is 11.9. The molecule has 1 aromatic rings. The second-order valence-corrected chi connectivity index (χ2v) is 3.91. The summed E-state index contributed by atoms with van der Waals surface area (Å²) in [5.41, 5.74) is 6.35. The van der Waals surface area contributed by atoms with Crippen molar-refractivity contribution in [3.05, 3.63) is 23.9 Å². The maximum atomic E-state index is 11.6. The van der Waals surface area contributed by atoms with Gasteiger partial charge in [0.15, 0.2) is 0 Å². The number of aromatic nitrogens is 1. The maximum Gasteiger partial charge on any atom is 0.223 e. The summed E-state index contributed by atoms with van der Waals surface area (Å²) in [6.07, 6.45) is 2.39. The molecule has 1 rings (SSSR count). The monoisotopic (exact) mass is 237 g/mol. The van der Waals surface area contributed by atoms with Gasteiger partial charge in [0.05, 0.1) is 7.11 Å². The van der Waals surface area contributed by atoms with Crippen molar-refractivity contribution in [2.75, 3.05) is 13.7 Å². The van der Waals surface area contributed by atoms with Crippen molar-refractivity contribution in [3.63, 3.8) is 0 Å². The zero-order valence-corrected chi connectivity index (χ0v) is 10.3. The molecule has 0 fully saturated rings. The standard InChI is InChI=1S/C12H19N3O2/c1-9(5-6-13)12(16)15-8-10-3-4-11(17-2)14-7-10/h3-4,7,9H,5-6,8,13H2,1-2H3,(H,15,16). The van der Waals surface area contributed by atoms with E-state index in [-0.39, 0.29) is 11.8 Å². The molecular weight excluding hydrogens is 218 g/mol. The molecule has 0 aromatic carbocycles. The number of hydrogen-bond acceptors (Lipinski definition) is 4. The molecule has 0 saturated heterocycles. The van der Waals surface area contributed by atoms with Crippen molar-refractivity contribution in [2.45, 2.75) is 19.9 Å². The molecule has 0 aliphatic rings. The van der Waals surface area contributed by atoms with Crippen LogP contribution in [0.1, 0.15) is 18.9 Å². The number of nitrogens with one attached hydrogen (secondary N) is 1. The van der Waals surface area contributed by atoms with Crippen molar-refractivity contribution in [2.24, 2.45) is 11.7 Å². The Morgan fingerprint density at radius 1 is 1.59 bits per heavy atom. The first kappa shape index (κ1) is 13.4. The highest BCUT2D eigenvalue weighted by Gasteiger charge is 2.10. The third-order valence-electron chi connectivity index (χ3n) is 2.52. The van der Waals surface area contributed by atoms with Crippen molar-refractivity contribution < 1.29 is 9.53 Å². The minimum Gasteiger partial charge on any atom is -0.481 e. The van der Waals surface area contributed by atoms with Gasteiger partial charge in [0.2, 0.25) is 11.8 Å². The highest BCUT2D eigenvalue weighted by atomic mass is 16.5. The number of pyridine rings is 1. The van der Waals surface area contributed by atoms with Crippen LogP contribution < -0.4 is 15.8 Å². The number of hydrogen-bond donors (Lipinski definition) is 2. The smallest absolute Gasteiger partial charge is 0.223 e. The Hall–Kier alpha value is -1.62. The van der Waals surface area contributed by atoms with Gasteiger partial charge in [0.1, 0.15) is 0 Å². The summed E-state index contributed by atoms with van der Waals surface area (Å²) >= 11 is 0. The molecule has 1 aromatic heterocycles. The summed E-state index contributed by atoms with van der Waals surface area (Å²) in [5.74, 6) is 0.536. The summed E-state index contributed by atoms with van der Waals surface area (Å²) in [6.45, 7) is 2.87. The Balaban J connectivity index is 2.41. The van der Waals surface area contributed by atoms with Crippen molar-refractivity contribution in [1.82, 2.24) is 10.3 Å². The molecule has 0 spiro atoms. The molecule has 0 aliphatic carbocycles. The van der Waals surface area contributed by atoms with Gasteiger partial charge in [0, 0.05) is 24.7 Å². The number of amides is 1. The number of methoxy groups -OCH3 is 1. The highest BCUT2D eigenvalue weighted by Crippen LogP contribution is 2.07. The van der Waals surface area contributed by atoms with Gasteiger partial charge in [0.25, 0.3) is 0 Å². The van der Waals surface area contributed by atoms with Crippen molar-refractivity contribution in [1.29, 1.82) is 0 Å². The average Bonchev–Trinajstić information content (AvgIpc) is 2.36. The molecule has 0 saturated carbocycles. The Bertz CT molecular complexity index is 351. The van der Waals surface area contributed by atoms with Crippen molar-refractivity contribution >= 4 is 5.91 Å². The van der Waals surface area contributed by atoms with Gasteiger partial charge in [-0.1, -0.05) is 13.0 Å². The van der Waals surface area contributed by atoms with E-state index in [1.165, 1.54) is 0 Å². The zero-order chi connectivity index (χ0) is 12.7. The molecule has 94 valence electrons. The molecule has 1 atom stereocenters. The lowest BCUT2D eigenvalue weighted by atomic mass is 10.1. The van der Waals surface area contributed by atoms with Gasteiger partial charge < -0.3 is 15.8 Å². The first-order valence-corrected chi connectivity index (χ1v) is 5.64. The minimum absolute atomic E-state index is 0.0197. The van der Waals surface area contributed by atoms with Crippen LogP contribution in [-0.4, -0.2) is 24.5 Å². The molecule has 1 amide bonds. The Labute approximate surface area is 101 Å². The summed E-state index contributed by atoms with van der Waals surface area (Å²) in [5, 5.41) is 2.85. The van der Waals surface area contributed by atoms with Gasteiger partial charge in [-0.25, -0.2) is 4.98 Å². The fourth-order valence-corrected chi connectivity index (χ4v) is 1.38. The lowest BCUT2D eigenvalue weighted by molar-refractivity contribution is -0.124. The highest BCUT2D eigenvalue weighted by molar-refractivity contribution is 5.78.